The third kappa shape index (κ3) is 5.30. The van der Waals surface area contributed by atoms with Gasteiger partial charge in [0.1, 0.15) is 23.8 Å². The molecular formula is C28H33FN4O4. The molecule has 0 saturated carbocycles. The van der Waals surface area contributed by atoms with Gasteiger partial charge in [0.15, 0.2) is 0 Å². The fourth-order valence-electron chi connectivity index (χ4n) is 5.17. The second-order valence-corrected chi connectivity index (χ2v) is 10.2. The summed E-state index contributed by atoms with van der Waals surface area (Å²) >= 11 is 0. The Bertz CT molecular complexity index is 1260. The number of nitrogens with one attached hydrogen (secondary N) is 2. The van der Waals surface area contributed by atoms with E-state index in [1.54, 1.807) is 30.3 Å². The number of carbonyl (C=O) groups is 3. The van der Waals surface area contributed by atoms with Gasteiger partial charge in [-0.25, -0.2) is 14.1 Å². The quantitative estimate of drug-likeness (QED) is 0.412. The van der Waals surface area contributed by atoms with Crippen LogP contribution in [0.15, 0.2) is 42.1 Å². The number of rotatable bonds is 7. The molecule has 2 N–H and O–H groups in total. The second-order valence-electron chi connectivity index (χ2n) is 10.2. The highest BCUT2D eigenvalue weighted by Gasteiger charge is 2.38. The number of urea groups is 1. The van der Waals surface area contributed by atoms with E-state index in [0.29, 0.717) is 11.4 Å². The van der Waals surface area contributed by atoms with Gasteiger partial charge in [0.2, 0.25) is 5.91 Å². The maximum absolute atomic E-state index is 15.3. The highest BCUT2D eigenvalue weighted by molar-refractivity contribution is 6.16. The van der Waals surface area contributed by atoms with Gasteiger partial charge < -0.3 is 20.3 Å². The van der Waals surface area contributed by atoms with Crippen LogP contribution in [0.2, 0.25) is 0 Å². The van der Waals surface area contributed by atoms with Crippen molar-refractivity contribution in [3.05, 3.63) is 59.0 Å². The van der Waals surface area contributed by atoms with Crippen LogP contribution in [0.25, 0.3) is 6.08 Å². The zero-order valence-corrected chi connectivity index (χ0v) is 21.9. The number of hydrogen-bond acceptors (Lipinski definition) is 5. The van der Waals surface area contributed by atoms with Crippen molar-refractivity contribution >= 4 is 35.3 Å². The third-order valence-corrected chi connectivity index (χ3v) is 6.89. The van der Waals surface area contributed by atoms with Gasteiger partial charge in [-0.2, -0.15) is 0 Å². The predicted octanol–water partition coefficient (Wildman–Crippen LogP) is 4.87. The summed E-state index contributed by atoms with van der Waals surface area (Å²) in [7, 11) is 1.54. The minimum absolute atomic E-state index is 0.0738. The molecule has 4 amide bonds. The smallest absolute Gasteiger partial charge is 0.329 e. The molecule has 0 radical (unpaired) electrons. The highest BCUT2D eigenvalue weighted by atomic mass is 19.1. The maximum atomic E-state index is 15.3. The van der Waals surface area contributed by atoms with E-state index in [9.17, 15) is 14.4 Å². The Balaban J connectivity index is 1.53. The fourth-order valence-corrected chi connectivity index (χ4v) is 5.17. The van der Waals surface area contributed by atoms with Crippen molar-refractivity contribution in [2.24, 2.45) is 0 Å². The Morgan fingerprint density at radius 3 is 2.59 bits per heavy atom. The van der Waals surface area contributed by atoms with Crippen LogP contribution in [0, 0.1) is 5.82 Å². The molecule has 9 heteroatoms. The van der Waals surface area contributed by atoms with Crippen molar-refractivity contribution in [3.63, 3.8) is 0 Å². The Labute approximate surface area is 216 Å². The molecule has 196 valence electrons. The molecule has 2 aliphatic heterocycles. The molecule has 1 atom stereocenters. The van der Waals surface area contributed by atoms with Crippen LogP contribution in [0.5, 0.6) is 5.75 Å². The van der Waals surface area contributed by atoms with Gasteiger partial charge in [0, 0.05) is 29.0 Å². The first-order valence-corrected chi connectivity index (χ1v) is 12.4. The Hall–Kier alpha value is -3.88. The molecule has 8 nitrogen and oxygen atoms in total. The van der Waals surface area contributed by atoms with Crippen molar-refractivity contribution in [2.75, 3.05) is 30.4 Å². The van der Waals surface area contributed by atoms with Gasteiger partial charge in [-0.3, -0.25) is 9.59 Å². The molecule has 0 spiro atoms. The van der Waals surface area contributed by atoms with Crippen LogP contribution in [0.4, 0.5) is 20.6 Å². The first-order chi connectivity index (χ1) is 17.5. The van der Waals surface area contributed by atoms with Gasteiger partial charge in [-0.05, 0) is 80.6 Å². The number of nitrogens with zero attached hydrogens (tertiary/aromatic N) is 2. The van der Waals surface area contributed by atoms with Crippen LogP contribution >= 0.6 is 0 Å². The van der Waals surface area contributed by atoms with E-state index in [1.807, 2.05) is 0 Å². The lowest BCUT2D eigenvalue weighted by Crippen LogP contribution is -2.48. The molecule has 0 aromatic heterocycles. The van der Waals surface area contributed by atoms with E-state index < -0.39 is 30.2 Å². The normalized spacial score (nSPS) is 19.6. The molecule has 2 aliphatic rings. The molecule has 2 aromatic carbocycles. The zero-order valence-electron chi connectivity index (χ0n) is 21.9. The molecule has 2 aromatic rings. The lowest BCUT2D eigenvalue weighted by Gasteiger charge is -2.47. The van der Waals surface area contributed by atoms with Crippen molar-refractivity contribution in [2.45, 2.75) is 52.0 Å². The number of methoxy groups -OCH3 is 1. The van der Waals surface area contributed by atoms with Crippen molar-refractivity contribution in [3.8, 4) is 5.75 Å². The van der Waals surface area contributed by atoms with E-state index in [-0.39, 0.29) is 22.7 Å². The number of carbonyl (C=O) groups excluding carboxylic acids is 3. The SMILES string of the molecule is CCCN1c2cc(F)c(/C=C3/NC(=O)N(CC(=O)Nc4ccc(OC)cc4)C3=O)cc2C(C)CC1(C)C. The lowest BCUT2D eigenvalue weighted by molar-refractivity contribution is -0.127. The van der Waals surface area contributed by atoms with Crippen LogP contribution in [0.1, 0.15) is 57.6 Å². The minimum Gasteiger partial charge on any atom is -0.497 e. The number of imide groups is 1. The van der Waals surface area contributed by atoms with Crippen molar-refractivity contribution in [1.29, 1.82) is 0 Å². The standard InChI is InChI=1S/C28H33FN4O4/c1-6-11-33-24-14-22(29)18(12-21(24)17(2)15-28(33,3)4)13-23-26(35)32(27(36)31-23)16-25(34)30-19-7-9-20(37-5)10-8-19/h7-10,12-14,17H,6,11,15-16H2,1-5H3,(H,30,34)(H,31,36)/b23-13+. The number of hydrogen-bond donors (Lipinski definition) is 2. The van der Waals surface area contributed by atoms with Gasteiger partial charge in [0.05, 0.1) is 7.11 Å². The summed E-state index contributed by atoms with van der Waals surface area (Å²) in [5.41, 5.74) is 2.42. The largest absolute Gasteiger partial charge is 0.497 e. The molecule has 37 heavy (non-hydrogen) atoms. The molecule has 4 rings (SSSR count). The molecule has 0 bridgehead atoms. The summed E-state index contributed by atoms with van der Waals surface area (Å²) in [6.07, 6.45) is 3.19. The predicted molar refractivity (Wildman–Crippen MR) is 141 cm³/mol. The van der Waals surface area contributed by atoms with Gasteiger partial charge in [-0.1, -0.05) is 13.8 Å². The van der Waals surface area contributed by atoms with Crippen LogP contribution in [-0.4, -0.2) is 48.5 Å². The monoisotopic (exact) mass is 508 g/mol. The molecule has 1 unspecified atom stereocenters. The molecule has 0 aliphatic carbocycles. The summed E-state index contributed by atoms with van der Waals surface area (Å²) < 4.78 is 20.4. The van der Waals surface area contributed by atoms with E-state index in [0.717, 1.165) is 35.5 Å². The Kier molecular flexibility index (Phi) is 7.25. The summed E-state index contributed by atoms with van der Waals surface area (Å²) in [5, 5.41) is 5.11. The van der Waals surface area contributed by atoms with Crippen LogP contribution in [0.3, 0.4) is 0 Å². The highest BCUT2D eigenvalue weighted by Crippen LogP contribution is 2.44. The Morgan fingerprint density at radius 2 is 1.95 bits per heavy atom. The van der Waals surface area contributed by atoms with E-state index in [1.165, 1.54) is 19.3 Å². The number of benzene rings is 2. The summed E-state index contributed by atoms with van der Waals surface area (Å²) in [5.74, 6) is -0.874. The second kappa shape index (κ2) is 10.2. The molecule has 2 heterocycles. The number of ether oxygens (including phenoxy) is 1. The van der Waals surface area contributed by atoms with Crippen molar-refractivity contribution < 1.29 is 23.5 Å². The van der Waals surface area contributed by atoms with Crippen LogP contribution < -0.4 is 20.3 Å². The zero-order chi connectivity index (χ0) is 26.9. The molecular weight excluding hydrogens is 475 g/mol. The minimum atomic E-state index is -0.733. The summed E-state index contributed by atoms with van der Waals surface area (Å²) in [6.45, 7) is 8.89. The van der Waals surface area contributed by atoms with Crippen molar-refractivity contribution in [1.82, 2.24) is 10.2 Å². The van der Waals surface area contributed by atoms with E-state index in [2.05, 4.69) is 43.2 Å². The average Bonchev–Trinajstić information content (AvgIpc) is 3.10. The van der Waals surface area contributed by atoms with Gasteiger partial charge >= 0.3 is 6.03 Å². The lowest BCUT2D eigenvalue weighted by atomic mass is 9.79. The average molecular weight is 509 g/mol. The number of anilines is 2. The van der Waals surface area contributed by atoms with E-state index >= 15 is 4.39 Å². The number of halogens is 1. The van der Waals surface area contributed by atoms with Crippen LogP contribution in [-0.2, 0) is 9.59 Å². The first kappa shape index (κ1) is 26.2. The third-order valence-electron chi connectivity index (χ3n) is 6.89. The number of amides is 4. The topological polar surface area (TPSA) is 91.0 Å². The molecule has 1 fully saturated rings. The fraction of sp³-hybridized carbons (Fsp3) is 0.393. The van der Waals surface area contributed by atoms with E-state index in [4.69, 9.17) is 4.74 Å². The maximum Gasteiger partial charge on any atom is 0.329 e. The molecule has 1 saturated heterocycles. The first-order valence-electron chi connectivity index (χ1n) is 12.4. The Morgan fingerprint density at radius 1 is 1.24 bits per heavy atom. The summed E-state index contributed by atoms with van der Waals surface area (Å²) in [4.78, 5) is 40.9. The van der Waals surface area contributed by atoms with Gasteiger partial charge in [-0.15, -0.1) is 0 Å². The van der Waals surface area contributed by atoms with Gasteiger partial charge in [0.25, 0.3) is 5.91 Å². The summed E-state index contributed by atoms with van der Waals surface area (Å²) in [6, 6.07) is 9.21. The number of fused-ring (bicyclic) bond motifs is 1.